The molecular weight excluding hydrogens is 196 g/mol. The zero-order valence-corrected chi connectivity index (χ0v) is 8.77. The van der Waals surface area contributed by atoms with Gasteiger partial charge in [0.1, 0.15) is 0 Å². The van der Waals surface area contributed by atoms with Crippen molar-refractivity contribution in [3.05, 3.63) is 12.2 Å². The van der Waals surface area contributed by atoms with E-state index in [4.69, 9.17) is 10.3 Å². The summed E-state index contributed by atoms with van der Waals surface area (Å²) in [5.41, 5.74) is 5.62. The van der Waals surface area contributed by atoms with Gasteiger partial charge in [-0.2, -0.15) is 4.98 Å². The molecule has 0 spiro atoms. The van der Waals surface area contributed by atoms with Crippen LogP contribution in [0.1, 0.15) is 25.7 Å². The molecule has 1 atom stereocenters. The lowest BCUT2D eigenvalue weighted by atomic mass is 10.2. The topological polar surface area (TPSA) is 94.0 Å². The van der Waals surface area contributed by atoms with E-state index in [1.807, 2.05) is 6.92 Å². The van der Waals surface area contributed by atoms with E-state index in [2.05, 4.69) is 15.5 Å². The first-order valence-electron chi connectivity index (χ1n) is 5.03. The maximum absolute atomic E-state index is 11.4. The van der Waals surface area contributed by atoms with Crippen molar-refractivity contribution in [2.45, 2.75) is 32.2 Å². The molecule has 84 valence electrons. The molecule has 15 heavy (non-hydrogen) atoms. The average Bonchev–Trinajstić information content (AvgIpc) is 2.71. The number of amides is 1. The van der Waals surface area contributed by atoms with E-state index >= 15 is 0 Å². The Balaban J connectivity index is 2.17. The summed E-state index contributed by atoms with van der Waals surface area (Å²) in [6, 6.07) is -0.419. The van der Waals surface area contributed by atoms with Crippen molar-refractivity contribution in [2.24, 2.45) is 5.73 Å². The predicted octanol–water partition coefficient (Wildman–Crippen LogP) is -0.144. The van der Waals surface area contributed by atoms with Crippen LogP contribution in [0.15, 0.2) is 10.9 Å². The number of nitrogens with one attached hydrogen (secondary N) is 1. The van der Waals surface area contributed by atoms with Gasteiger partial charge in [-0.3, -0.25) is 4.79 Å². The fourth-order valence-corrected chi connectivity index (χ4v) is 1.17. The van der Waals surface area contributed by atoms with Gasteiger partial charge in [0.15, 0.2) is 6.33 Å². The van der Waals surface area contributed by atoms with Crippen molar-refractivity contribution in [2.75, 3.05) is 6.54 Å². The summed E-state index contributed by atoms with van der Waals surface area (Å²) in [7, 11) is 0. The van der Waals surface area contributed by atoms with Crippen LogP contribution in [0.25, 0.3) is 0 Å². The van der Waals surface area contributed by atoms with Gasteiger partial charge in [-0.25, -0.2) is 0 Å². The Morgan fingerprint density at radius 1 is 1.73 bits per heavy atom. The van der Waals surface area contributed by atoms with E-state index in [1.54, 1.807) is 0 Å². The average molecular weight is 212 g/mol. The van der Waals surface area contributed by atoms with Gasteiger partial charge in [-0.05, 0) is 6.42 Å². The van der Waals surface area contributed by atoms with E-state index in [-0.39, 0.29) is 5.91 Å². The van der Waals surface area contributed by atoms with Crippen LogP contribution in [0.5, 0.6) is 0 Å². The minimum atomic E-state index is -0.419. The van der Waals surface area contributed by atoms with E-state index < -0.39 is 6.04 Å². The second-order valence-corrected chi connectivity index (χ2v) is 3.27. The highest BCUT2D eigenvalue weighted by Crippen LogP contribution is 1.94. The molecule has 0 aliphatic carbocycles. The van der Waals surface area contributed by atoms with Gasteiger partial charge < -0.3 is 15.6 Å². The molecule has 1 aromatic rings. The molecule has 3 N–H and O–H groups in total. The van der Waals surface area contributed by atoms with Crippen LogP contribution in [0.3, 0.4) is 0 Å². The second kappa shape index (κ2) is 6.13. The van der Waals surface area contributed by atoms with Gasteiger partial charge in [0.05, 0.1) is 6.04 Å². The van der Waals surface area contributed by atoms with Gasteiger partial charge in [-0.1, -0.05) is 18.5 Å². The van der Waals surface area contributed by atoms with Crippen molar-refractivity contribution >= 4 is 5.91 Å². The number of nitrogens with zero attached hydrogens (tertiary/aromatic N) is 2. The molecule has 0 aliphatic heterocycles. The number of hydrogen-bond donors (Lipinski definition) is 2. The van der Waals surface area contributed by atoms with Gasteiger partial charge in [0.2, 0.25) is 11.8 Å². The lowest BCUT2D eigenvalue weighted by Gasteiger charge is -2.09. The summed E-state index contributed by atoms with van der Waals surface area (Å²) in [5, 5.41) is 6.17. The molecule has 1 rings (SSSR count). The molecule has 0 unspecified atom stereocenters. The second-order valence-electron chi connectivity index (χ2n) is 3.27. The van der Waals surface area contributed by atoms with Gasteiger partial charge in [0, 0.05) is 13.0 Å². The molecule has 0 aliphatic rings. The zero-order chi connectivity index (χ0) is 11.1. The number of carbonyl (C=O) groups is 1. The predicted molar refractivity (Wildman–Crippen MR) is 53.9 cm³/mol. The molecular formula is C9H16N4O2. The van der Waals surface area contributed by atoms with Crippen LogP contribution in [0.2, 0.25) is 0 Å². The van der Waals surface area contributed by atoms with Crippen molar-refractivity contribution in [1.82, 2.24) is 15.5 Å². The largest absolute Gasteiger partial charge is 0.354 e. The Bertz CT molecular complexity index is 286. The molecule has 6 heteroatoms. The third-order valence-corrected chi connectivity index (χ3v) is 1.98. The first kappa shape index (κ1) is 11.6. The standard InChI is InChI=1S/C9H16N4O2/c1-2-3-7(10)9(14)11-5-4-8-12-6-13-15-8/h6-7H,2-5,10H2,1H3,(H,11,14)/t7-/m0/s1. The van der Waals surface area contributed by atoms with Crippen LogP contribution >= 0.6 is 0 Å². The lowest BCUT2D eigenvalue weighted by Crippen LogP contribution is -2.41. The van der Waals surface area contributed by atoms with Crippen LogP contribution in [-0.2, 0) is 11.2 Å². The molecule has 6 nitrogen and oxygen atoms in total. The van der Waals surface area contributed by atoms with E-state index in [0.29, 0.717) is 25.3 Å². The number of hydrogen-bond acceptors (Lipinski definition) is 5. The molecule has 1 heterocycles. The molecule has 1 amide bonds. The van der Waals surface area contributed by atoms with Crippen LogP contribution in [-0.4, -0.2) is 28.6 Å². The smallest absolute Gasteiger partial charge is 0.236 e. The minimum absolute atomic E-state index is 0.128. The molecule has 0 radical (unpaired) electrons. The van der Waals surface area contributed by atoms with E-state index in [9.17, 15) is 4.79 Å². The van der Waals surface area contributed by atoms with Crippen LogP contribution in [0, 0.1) is 0 Å². The van der Waals surface area contributed by atoms with Crippen molar-refractivity contribution in [3.63, 3.8) is 0 Å². The van der Waals surface area contributed by atoms with E-state index in [1.165, 1.54) is 6.33 Å². The van der Waals surface area contributed by atoms with Gasteiger partial charge in [-0.15, -0.1) is 0 Å². The fourth-order valence-electron chi connectivity index (χ4n) is 1.17. The SMILES string of the molecule is CCC[C@H](N)C(=O)NCCc1ncno1. The molecule has 0 fully saturated rings. The minimum Gasteiger partial charge on any atom is -0.354 e. The number of rotatable bonds is 6. The Labute approximate surface area is 88.2 Å². The third-order valence-electron chi connectivity index (χ3n) is 1.98. The summed E-state index contributed by atoms with van der Waals surface area (Å²) in [5.74, 6) is 0.385. The highest BCUT2D eigenvalue weighted by atomic mass is 16.5. The first-order valence-corrected chi connectivity index (χ1v) is 5.03. The lowest BCUT2D eigenvalue weighted by molar-refractivity contribution is -0.122. The molecule has 0 bridgehead atoms. The Hall–Kier alpha value is -1.43. The number of aromatic nitrogens is 2. The molecule has 0 saturated carbocycles. The van der Waals surface area contributed by atoms with Crippen LogP contribution in [0.4, 0.5) is 0 Å². The monoisotopic (exact) mass is 212 g/mol. The maximum atomic E-state index is 11.4. The van der Waals surface area contributed by atoms with Gasteiger partial charge in [0.25, 0.3) is 0 Å². The summed E-state index contributed by atoms with van der Waals surface area (Å²) < 4.78 is 4.78. The van der Waals surface area contributed by atoms with Gasteiger partial charge >= 0.3 is 0 Å². The molecule has 0 aromatic carbocycles. The third kappa shape index (κ3) is 4.07. The van der Waals surface area contributed by atoms with Crippen molar-refractivity contribution in [1.29, 1.82) is 0 Å². The summed E-state index contributed by atoms with van der Waals surface area (Å²) in [6.45, 7) is 2.46. The van der Waals surface area contributed by atoms with E-state index in [0.717, 1.165) is 6.42 Å². The Morgan fingerprint density at radius 2 is 2.53 bits per heavy atom. The Kier molecular flexibility index (Phi) is 4.76. The van der Waals surface area contributed by atoms with Crippen LogP contribution < -0.4 is 11.1 Å². The van der Waals surface area contributed by atoms with Crippen molar-refractivity contribution in [3.8, 4) is 0 Å². The highest BCUT2D eigenvalue weighted by molar-refractivity contribution is 5.81. The number of nitrogens with two attached hydrogens (primary N) is 1. The molecule has 0 saturated heterocycles. The normalized spacial score (nSPS) is 12.4. The summed E-state index contributed by atoms with van der Waals surface area (Å²) in [6.07, 6.45) is 3.47. The number of carbonyl (C=O) groups excluding carboxylic acids is 1. The molecule has 1 aromatic heterocycles. The first-order chi connectivity index (χ1) is 7.24. The highest BCUT2D eigenvalue weighted by Gasteiger charge is 2.11. The summed E-state index contributed by atoms with van der Waals surface area (Å²) in [4.78, 5) is 15.2. The quantitative estimate of drug-likeness (QED) is 0.684. The maximum Gasteiger partial charge on any atom is 0.236 e. The summed E-state index contributed by atoms with van der Waals surface area (Å²) >= 11 is 0. The zero-order valence-electron chi connectivity index (χ0n) is 8.77. The Morgan fingerprint density at radius 3 is 3.13 bits per heavy atom. The fraction of sp³-hybridized carbons (Fsp3) is 0.667. The van der Waals surface area contributed by atoms with Crippen molar-refractivity contribution < 1.29 is 9.32 Å².